The molecule has 16 heavy (non-hydrogen) atoms. The molecule has 1 N–H and O–H groups in total. The lowest BCUT2D eigenvalue weighted by atomic mass is 10.1. The molecule has 1 aliphatic rings. The van der Waals surface area contributed by atoms with Crippen molar-refractivity contribution in [3.63, 3.8) is 0 Å². The fourth-order valence-electron chi connectivity index (χ4n) is 1.88. The van der Waals surface area contributed by atoms with Gasteiger partial charge in [-0.05, 0) is 19.3 Å². The highest BCUT2D eigenvalue weighted by Gasteiger charge is 1.99. The Balaban J connectivity index is 2.22. The minimum absolute atomic E-state index is 0.191. The number of rotatable bonds is 0. The first-order valence-corrected chi connectivity index (χ1v) is 6.62. The summed E-state index contributed by atoms with van der Waals surface area (Å²) in [6.45, 7) is 0.852. The van der Waals surface area contributed by atoms with E-state index in [0.29, 0.717) is 6.42 Å². The van der Waals surface area contributed by atoms with Gasteiger partial charge in [0, 0.05) is 25.8 Å². The van der Waals surface area contributed by atoms with E-state index in [4.69, 9.17) is 0 Å². The first-order chi connectivity index (χ1) is 7.89. The van der Waals surface area contributed by atoms with Crippen molar-refractivity contribution >= 4 is 5.91 Å². The van der Waals surface area contributed by atoms with Crippen LogP contribution in [-0.4, -0.2) is 12.5 Å². The monoisotopic (exact) mass is 221 g/mol. The molecule has 0 saturated heterocycles. The van der Waals surface area contributed by atoms with Crippen LogP contribution in [-0.2, 0) is 4.79 Å². The van der Waals surface area contributed by atoms with Crippen molar-refractivity contribution in [3.8, 4) is 11.8 Å². The van der Waals surface area contributed by atoms with E-state index in [1.54, 1.807) is 0 Å². The summed E-state index contributed by atoms with van der Waals surface area (Å²) in [7, 11) is 0. The number of hydrogen-bond donors (Lipinski definition) is 1. The fourth-order valence-corrected chi connectivity index (χ4v) is 1.88. The zero-order chi connectivity index (χ0) is 11.5. The molecule has 0 aromatic rings. The van der Waals surface area contributed by atoms with Crippen LogP contribution < -0.4 is 5.32 Å². The fraction of sp³-hybridized carbons (Fsp3) is 0.786. The maximum Gasteiger partial charge on any atom is 0.220 e. The van der Waals surface area contributed by atoms with Crippen molar-refractivity contribution in [2.24, 2.45) is 0 Å². The summed E-state index contributed by atoms with van der Waals surface area (Å²) in [6.07, 6.45) is 11.0. The average Bonchev–Trinajstić information content (AvgIpc) is 2.29. The van der Waals surface area contributed by atoms with E-state index >= 15 is 0 Å². The third kappa shape index (κ3) is 7.34. The van der Waals surface area contributed by atoms with Crippen molar-refractivity contribution in [2.75, 3.05) is 6.54 Å². The molecular weight excluding hydrogens is 198 g/mol. The van der Waals surface area contributed by atoms with Crippen molar-refractivity contribution < 1.29 is 4.79 Å². The van der Waals surface area contributed by atoms with Gasteiger partial charge in [-0.1, -0.05) is 25.7 Å². The quantitative estimate of drug-likeness (QED) is 0.626. The highest BCUT2D eigenvalue weighted by molar-refractivity contribution is 5.75. The van der Waals surface area contributed by atoms with Crippen LogP contribution in [0.1, 0.15) is 64.2 Å². The largest absolute Gasteiger partial charge is 0.356 e. The van der Waals surface area contributed by atoms with Crippen LogP contribution in [0, 0.1) is 11.8 Å². The Kier molecular flexibility index (Phi) is 7.59. The number of carbonyl (C=O) groups excluding carboxylic acids is 1. The molecule has 0 spiro atoms. The minimum Gasteiger partial charge on any atom is -0.356 e. The van der Waals surface area contributed by atoms with Gasteiger partial charge in [0.05, 0.1) is 0 Å². The molecule has 0 fully saturated rings. The number of nitrogens with one attached hydrogen (secondary N) is 1. The topological polar surface area (TPSA) is 29.1 Å². The third-order valence-corrected chi connectivity index (χ3v) is 2.88. The zero-order valence-corrected chi connectivity index (χ0v) is 10.2. The van der Waals surface area contributed by atoms with Crippen molar-refractivity contribution in [1.29, 1.82) is 0 Å². The second kappa shape index (κ2) is 9.27. The summed E-state index contributed by atoms with van der Waals surface area (Å²) < 4.78 is 0. The summed E-state index contributed by atoms with van der Waals surface area (Å²) in [6, 6.07) is 0. The van der Waals surface area contributed by atoms with Gasteiger partial charge >= 0.3 is 0 Å². The zero-order valence-electron chi connectivity index (χ0n) is 10.2. The van der Waals surface area contributed by atoms with Gasteiger partial charge in [-0.3, -0.25) is 4.79 Å². The number of hydrogen-bond acceptors (Lipinski definition) is 1. The first kappa shape index (κ1) is 13.1. The molecule has 0 unspecified atom stereocenters. The third-order valence-electron chi connectivity index (χ3n) is 2.88. The van der Waals surface area contributed by atoms with Gasteiger partial charge in [-0.25, -0.2) is 0 Å². The predicted molar refractivity (Wildman–Crippen MR) is 67.0 cm³/mol. The van der Waals surface area contributed by atoms with Gasteiger partial charge in [-0.2, -0.15) is 0 Å². The molecule has 2 heteroatoms. The summed E-state index contributed by atoms with van der Waals surface area (Å²) in [5, 5.41) is 2.96. The van der Waals surface area contributed by atoms with Gasteiger partial charge in [0.1, 0.15) is 0 Å². The van der Waals surface area contributed by atoms with Crippen LogP contribution in [0.3, 0.4) is 0 Å². The van der Waals surface area contributed by atoms with E-state index in [9.17, 15) is 4.79 Å². The normalized spacial score (nSPS) is 20.9. The molecule has 90 valence electrons. The highest BCUT2D eigenvalue weighted by atomic mass is 16.1. The van der Waals surface area contributed by atoms with Crippen LogP contribution in [0.25, 0.3) is 0 Å². The summed E-state index contributed by atoms with van der Waals surface area (Å²) in [5.74, 6) is 6.52. The number of amides is 1. The van der Waals surface area contributed by atoms with E-state index in [1.807, 2.05) is 0 Å². The smallest absolute Gasteiger partial charge is 0.220 e. The first-order valence-electron chi connectivity index (χ1n) is 6.62. The van der Waals surface area contributed by atoms with Gasteiger partial charge in [0.2, 0.25) is 5.91 Å². The molecule has 1 aliphatic heterocycles. The van der Waals surface area contributed by atoms with E-state index in [1.165, 1.54) is 32.1 Å². The van der Waals surface area contributed by atoms with E-state index in [2.05, 4.69) is 17.2 Å². The molecule has 0 radical (unpaired) electrons. The lowest BCUT2D eigenvalue weighted by Crippen LogP contribution is -2.23. The molecule has 1 heterocycles. The molecule has 0 aromatic heterocycles. The molecule has 0 saturated carbocycles. The molecule has 0 aliphatic carbocycles. The Morgan fingerprint density at radius 1 is 0.812 bits per heavy atom. The van der Waals surface area contributed by atoms with Crippen molar-refractivity contribution in [2.45, 2.75) is 64.2 Å². The SMILES string of the molecule is O=C1CCCC#CCCCCCCCCN1. The molecule has 1 amide bonds. The van der Waals surface area contributed by atoms with E-state index in [0.717, 1.165) is 32.2 Å². The van der Waals surface area contributed by atoms with Crippen LogP contribution in [0.15, 0.2) is 0 Å². The molecule has 0 aromatic carbocycles. The second-order valence-electron chi connectivity index (χ2n) is 4.43. The molecule has 0 atom stereocenters. The van der Waals surface area contributed by atoms with Crippen molar-refractivity contribution in [1.82, 2.24) is 5.32 Å². The number of carbonyl (C=O) groups is 1. The van der Waals surface area contributed by atoms with E-state index < -0.39 is 0 Å². The van der Waals surface area contributed by atoms with Crippen LogP contribution >= 0.6 is 0 Å². The Hall–Kier alpha value is -0.970. The maximum absolute atomic E-state index is 11.4. The van der Waals surface area contributed by atoms with Crippen molar-refractivity contribution in [3.05, 3.63) is 0 Å². The standard InChI is InChI=1S/C14H23NO/c16-14-12-10-8-6-4-2-1-3-5-7-9-11-13-15-14/h1-3,5,7-13H2,(H,15,16). The average molecular weight is 221 g/mol. The van der Waals surface area contributed by atoms with Gasteiger partial charge in [0.25, 0.3) is 0 Å². The van der Waals surface area contributed by atoms with E-state index in [-0.39, 0.29) is 5.91 Å². The summed E-state index contributed by atoms with van der Waals surface area (Å²) in [4.78, 5) is 11.4. The summed E-state index contributed by atoms with van der Waals surface area (Å²) in [5.41, 5.74) is 0. The highest BCUT2D eigenvalue weighted by Crippen LogP contribution is 2.07. The maximum atomic E-state index is 11.4. The second-order valence-corrected chi connectivity index (χ2v) is 4.43. The van der Waals surface area contributed by atoms with Gasteiger partial charge < -0.3 is 5.32 Å². The molecule has 2 nitrogen and oxygen atoms in total. The Bertz CT molecular complexity index is 249. The molecule has 0 bridgehead atoms. The molecular formula is C14H23NO. The van der Waals surface area contributed by atoms with Crippen LogP contribution in [0.5, 0.6) is 0 Å². The Morgan fingerprint density at radius 3 is 2.25 bits per heavy atom. The minimum atomic E-state index is 0.191. The Morgan fingerprint density at radius 2 is 1.44 bits per heavy atom. The van der Waals surface area contributed by atoms with Gasteiger partial charge in [0.15, 0.2) is 0 Å². The molecule has 1 rings (SSSR count). The van der Waals surface area contributed by atoms with Crippen LogP contribution in [0.4, 0.5) is 0 Å². The predicted octanol–water partition coefficient (Wildman–Crippen LogP) is 3.02. The lowest BCUT2D eigenvalue weighted by molar-refractivity contribution is -0.121. The van der Waals surface area contributed by atoms with Gasteiger partial charge in [-0.15, -0.1) is 11.8 Å². The lowest BCUT2D eigenvalue weighted by Gasteiger charge is -2.04. The Labute approximate surface area is 99.2 Å². The van der Waals surface area contributed by atoms with Crippen LogP contribution in [0.2, 0.25) is 0 Å². The summed E-state index contributed by atoms with van der Waals surface area (Å²) >= 11 is 0.